The molecule has 11 heteroatoms. The molecule has 2 heterocycles. The van der Waals surface area contributed by atoms with Crippen molar-refractivity contribution in [2.24, 2.45) is 0 Å². The number of hydrogen-bond donors (Lipinski definition) is 1. The van der Waals surface area contributed by atoms with Gasteiger partial charge in [0.1, 0.15) is 5.03 Å². The highest BCUT2D eigenvalue weighted by molar-refractivity contribution is 8.29. The van der Waals surface area contributed by atoms with Gasteiger partial charge in [-0.3, -0.25) is 9.59 Å². The number of rotatable bonds is 4. The van der Waals surface area contributed by atoms with E-state index < -0.39 is 40.0 Å². The summed E-state index contributed by atoms with van der Waals surface area (Å²) in [5, 5.41) is 3.04. The minimum absolute atomic E-state index is 0.0147. The quantitative estimate of drug-likeness (QED) is 0.491. The Labute approximate surface area is 140 Å². The average Bonchev–Trinajstić information content (AvgIpc) is 2.73. The molecular formula is C13H11ClF4N2O3S. The first-order chi connectivity index (χ1) is 11.1. The number of ether oxygens (including phenoxy) is 1. The molecule has 1 atom stereocenters. The summed E-state index contributed by atoms with van der Waals surface area (Å²) in [4.78, 5) is 23.5. The molecule has 0 fully saturated rings. The molecule has 5 nitrogen and oxygen atoms in total. The van der Waals surface area contributed by atoms with Crippen LogP contribution in [0.1, 0.15) is 12.5 Å². The summed E-state index contributed by atoms with van der Waals surface area (Å²) in [5.74, 6) is -1.90. The van der Waals surface area contributed by atoms with Crippen molar-refractivity contribution >= 4 is 33.5 Å². The fourth-order valence-electron chi connectivity index (χ4n) is 1.90. The first-order valence-corrected chi connectivity index (χ1v) is 8.42. The number of carbonyl (C=O) groups is 1. The van der Waals surface area contributed by atoms with E-state index in [0.717, 1.165) is 6.08 Å². The molecule has 1 unspecified atom stereocenters. The van der Waals surface area contributed by atoms with Crippen LogP contribution in [0.15, 0.2) is 33.3 Å². The molecule has 0 radical (unpaired) electrons. The summed E-state index contributed by atoms with van der Waals surface area (Å²) in [6.07, 6.45) is -3.43. The third kappa shape index (κ3) is 3.81. The van der Waals surface area contributed by atoms with Crippen LogP contribution in [0, 0.1) is 0 Å². The largest absolute Gasteiger partial charge is 0.465 e. The van der Waals surface area contributed by atoms with Gasteiger partial charge in [-0.25, -0.2) is 4.39 Å². The molecule has 1 aromatic rings. The van der Waals surface area contributed by atoms with E-state index in [-0.39, 0.29) is 21.8 Å². The van der Waals surface area contributed by atoms with Gasteiger partial charge in [-0.05, 0) is 6.92 Å². The van der Waals surface area contributed by atoms with Crippen molar-refractivity contribution in [3.63, 3.8) is 0 Å². The number of carbonyl (C=O) groups excluding carboxylic acids is 1. The second-order valence-electron chi connectivity index (χ2n) is 4.52. The zero-order chi connectivity index (χ0) is 18.1. The Morgan fingerprint density at radius 3 is 2.67 bits per heavy atom. The van der Waals surface area contributed by atoms with E-state index in [2.05, 4.69) is 5.10 Å². The van der Waals surface area contributed by atoms with Gasteiger partial charge in [-0.15, -0.1) is 0 Å². The highest BCUT2D eigenvalue weighted by atomic mass is 35.5. The van der Waals surface area contributed by atoms with E-state index in [1.54, 1.807) is 6.92 Å². The Hall–Kier alpha value is -1.81. The van der Waals surface area contributed by atoms with Gasteiger partial charge in [0.25, 0.3) is 5.56 Å². The molecule has 132 valence electrons. The molecule has 0 aromatic carbocycles. The van der Waals surface area contributed by atoms with Crippen LogP contribution in [-0.4, -0.2) is 28.1 Å². The predicted molar refractivity (Wildman–Crippen MR) is 82.2 cm³/mol. The van der Waals surface area contributed by atoms with Crippen molar-refractivity contribution in [2.75, 3.05) is 12.4 Å². The summed E-state index contributed by atoms with van der Waals surface area (Å²) in [6.45, 7) is 1.68. The molecule has 0 spiro atoms. The van der Waals surface area contributed by atoms with Crippen LogP contribution >= 0.6 is 22.5 Å². The Balaban J connectivity index is 2.41. The van der Waals surface area contributed by atoms with Crippen LogP contribution in [0.5, 0.6) is 0 Å². The van der Waals surface area contributed by atoms with Gasteiger partial charge in [0.05, 0.1) is 28.5 Å². The zero-order valence-corrected chi connectivity index (χ0v) is 13.8. The lowest BCUT2D eigenvalue weighted by molar-refractivity contribution is -0.140. The second-order valence-corrected chi connectivity index (χ2v) is 7.27. The van der Waals surface area contributed by atoms with Crippen molar-refractivity contribution in [3.05, 3.63) is 44.4 Å². The Morgan fingerprint density at radius 2 is 2.12 bits per heavy atom. The Morgan fingerprint density at radius 1 is 1.46 bits per heavy atom. The van der Waals surface area contributed by atoms with Crippen LogP contribution < -0.4 is 5.56 Å². The molecule has 1 aliphatic rings. The maximum absolute atomic E-state index is 14.1. The number of alkyl halides is 3. The number of hydrogen-bond acceptors (Lipinski definition) is 4. The number of allylic oxidation sites excluding steroid dienone is 2. The van der Waals surface area contributed by atoms with E-state index in [9.17, 15) is 27.2 Å². The number of thiol groups is 1. The van der Waals surface area contributed by atoms with Gasteiger partial charge in [0.15, 0.2) is 5.83 Å². The van der Waals surface area contributed by atoms with Crippen molar-refractivity contribution in [1.82, 2.24) is 9.78 Å². The molecule has 0 bridgehead atoms. The van der Waals surface area contributed by atoms with Crippen LogP contribution in [0.2, 0.25) is 0 Å². The lowest BCUT2D eigenvalue weighted by atomic mass is 10.3. The first-order valence-electron chi connectivity index (χ1n) is 6.52. The smallest absolute Gasteiger partial charge is 0.418 e. The lowest BCUT2D eigenvalue weighted by Crippen LogP contribution is -2.25. The maximum atomic E-state index is 14.1. The second kappa shape index (κ2) is 6.98. The number of aromatic nitrogens is 2. The van der Waals surface area contributed by atoms with E-state index >= 15 is 0 Å². The summed E-state index contributed by atoms with van der Waals surface area (Å²) in [5.41, 5.74) is -2.43. The standard InChI is InChI=1S/C13H11ClF4N2O3S/c1-2-23-11(22)6-24-9(14)4-8(15)12(24)20-10(21)3-7(5-19-20)13(16,17)18/h3-5,24H,2,6H2,1H3. The molecule has 0 aliphatic carbocycles. The van der Waals surface area contributed by atoms with E-state index in [1.807, 2.05) is 0 Å². The van der Waals surface area contributed by atoms with Crippen molar-refractivity contribution in [3.8, 4) is 0 Å². The summed E-state index contributed by atoms with van der Waals surface area (Å²) >= 11 is 5.90. The molecule has 24 heavy (non-hydrogen) atoms. The topological polar surface area (TPSA) is 61.2 Å². The van der Waals surface area contributed by atoms with Crippen molar-refractivity contribution in [1.29, 1.82) is 0 Å². The third-order valence-electron chi connectivity index (χ3n) is 2.89. The van der Waals surface area contributed by atoms with E-state index in [0.29, 0.717) is 16.9 Å². The third-order valence-corrected chi connectivity index (χ3v) is 5.75. The molecule has 1 aromatic heterocycles. The maximum Gasteiger partial charge on any atom is 0.418 e. The van der Waals surface area contributed by atoms with Crippen LogP contribution in [0.25, 0.3) is 5.03 Å². The highest BCUT2D eigenvalue weighted by Crippen LogP contribution is 2.54. The Bertz CT molecular complexity index is 788. The monoisotopic (exact) mass is 386 g/mol. The minimum Gasteiger partial charge on any atom is -0.465 e. The molecule has 0 saturated heterocycles. The van der Waals surface area contributed by atoms with Crippen molar-refractivity contribution < 1.29 is 27.1 Å². The SMILES string of the molecule is CCOC(=O)C[SH]1C(Cl)=CC(F)=C1n1ncc(C(F)(F)F)cc1=O. The summed E-state index contributed by atoms with van der Waals surface area (Å²) < 4.78 is 57.1. The van der Waals surface area contributed by atoms with E-state index in [1.165, 1.54) is 0 Å². The number of halogens is 5. The fourth-order valence-corrected chi connectivity index (χ4v) is 4.24. The van der Waals surface area contributed by atoms with Crippen molar-refractivity contribution in [2.45, 2.75) is 13.1 Å². The van der Waals surface area contributed by atoms with Crippen LogP contribution in [0.4, 0.5) is 17.6 Å². The normalized spacial score (nSPS) is 19.4. The minimum atomic E-state index is -4.75. The molecule has 0 N–H and O–H groups in total. The Kier molecular flexibility index (Phi) is 5.38. The fraction of sp³-hybridized carbons (Fsp3) is 0.308. The van der Waals surface area contributed by atoms with E-state index in [4.69, 9.17) is 16.3 Å². The predicted octanol–water partition coefficient (Wildman–Crippen LogP) is 3.02. The first kappa shape index (κ1) is 18.5. The zero-order valence-electron chi connectivity index (χ0n) is 12.1. The molecule has 2 rings (SSSR count). The average molecular weight is 387 g/mol. The number of nitrogens with zero attached hydrogens (tertiary/aromatic N) is 2. The van der Waals surface area contributed by atoms with Gasteiger partial charge in [0, 0.05) is 12.1 Å². The van der Waals surface area contributed by atoms with Gasteiger partial charge in [0.2, 0.25) is 0 Å². The molecule has 0 saturated carbocycles. The van der Waals surface area contributed by atoms with Gasteiger partial charge < -0.3 is 4.74 Å². The lowest BCUT2D eigenvalue weighted by Gasteiger charge is -2.20. The van der Waals surface area contributed by atoms with Gasteiger partial charge >= 0.3 is 12.1 Å². The highest BCUT2D eigenvalue weighted by Gasteiger charge is 2.34. The van der Waals surface area contributed by atoms with Gasteiger partial charge in [-0.2, -0.15) is 33.8 Å². The molecular weight excluding hydrogens is 376 g/mol. The molecule has 1 aliphatic heterocycles. The summed E-state index contributed by atoms with van der Waals surface area (Å²) in [7, 11) is -1.81. The van der Waals surface area contributed by atoms with Crippen LogP contribution in [-0.2, 0) is 15.7 Å². The number of esters is 1. The summed E-state index contributed by atoms with van der Waals surface area (Å²) in [6, 6.07) is 0.303. The van der Waals surface area contributed by atoms with Gasteiger partial charge in [-0.1, -0.05) is 11.6 Å². The van der Waals surface area contributed by atoms with Crippen LogP contribution in [0.3, 0.4) is 0 Å². The molecule has 0 amide bonds.